The van der Waals surface area contributed by atoms with Gasteiger partial charge in [-0.15, -0.1) is 0 Å². The van der Waals surface area contributed by atoms with Gasteiger partial charge in [0.1, 0.15) is 5.82 Å². The van der Waals surface area contributed by atoms with Crippen LogP contribution in [0, 0.1) is 20.8 Å². The summed E-state index contributed by atoms with van der Waals surface area (Å²) < 4.78 is 2.13. The van der Waals surface area contributed by atoms with Crippen LogP contribution in [0.5, 0.6) is 0 Å². The van der Waals surface area contributed by atoms with E-state index in [4.69, 9.17) is 0 Å². The maximum atomic E-state index is 12.0. The van der Waals surface area contributed by atoms with Crippen LogP contribution in [0.15, 0.2) is 48.5 Å². The van der Waals surface area contributed by atoms with Gasteiger partial charge in [0.05, 0.1) is 11.0 Å². The van der Waals surface area contributed by atoms with Crippen LogP contribution in [-0.4, -0.2) is 22.0 Å². The Balaban J connectivity index is 1.59. The molecule has 1 aromatic heterocycles. The van der Waals surface area contributed by atoms with E-state index in [-0.39, 0.29) is 5.91 Å². The van der Waals surface area contributed by atoms with Crippen LogP contribution in [0.2, 0.25) is 0 Å². The van der Waals surface area contributed by atoms with Crippen LogP contribution in [-0.2, 0) is 11.3 Å². The second-order valence-corrected chi connectivity index (χ2v) is 6.28. The number of hydrogen-bond acceptors (Lipinski definition) is 2. The van der Waals surface area contributed by atoms with Crippen LogP contribution in [0.4, 0.5) is 0 Å². The van der Waals surface area contributed by atoms with Crippen LogP contribution >= 0.6 is 0 Å². The molecule has 1 heterocycles. The highest BCUT2D eigenvalue weighted by Crippen LogP contribution is 2.15. The molecule has 4 heteroatoms. The Hall–Kier alpha value is -2.88. The average Bonchev–Trinajstić information content (AvgIpc) is 2.90. The lowest BCUT2D eigenvalue weighted by atomic mass is 10.1. The lowest BCUT2D eigenvalue weighted by molar-refractivity contribution is -0.116. The minimum Gasteiger partial charge on any atom is -0.351 e. The number of nitrogens with one attached hydrogen (secondary N) is 1. The number of aryl methyl sites for hydroxylation is 3. The van der Waals surface area contributed by atoms with Gasteiger partial charge in [-0.2, -0.15) is 0 Å². The largest absolute Gasteiger partial charge is 0.351 e. The van der Waals surface area contributed by atoms with Crippen LogP contribution < -0.4 is 5.32 Å². The summed E-state index contributed by atoms with van der Waals surface area (Å²) in [5.74, 6) is 0.878. The smallest absolute Gasteiger partial charge is 0.244 e. The Morgan fingerprint density at radius 3 is 2.76 bits per heavy atom. The summed E-state index contributed by atoms with van der Waals surface area (Å²) in [4.78, 5) is 16.6. The van der Waals surface area contributed by atoms with Gasteiger partial charge in [0.2, 0.25) is 5.91 Å². The van der Waals surface area contributed by atoms with Gasteiger partial charge in [-0.25, -0.2) is 4.98 Å². The summed E-state index contributed by atoms with van der Waals surface area (Å²) in [6.07, 6.45) is 3.46. The van der Waals surface area contributed by atoms with E-state index in [0.717, 1.165) is 22.4 Å². The van der Waals surface area contributed by atoms with Crippen molar-refractivity contribution in [2.24, 2.45) is 0 Å². The molecule has 25 heavy (non-hydrogen) atoms. The highest BCUT2D eigenvalue weighted by molar-refractivity contribution is 5.91. The average molecular weight is 333 g/mol. The third-order valence-electron chi connectivity index (χ3n) is 4.32. The number of carbonyl (C=O) groups excluding carboxylic acids is 1. The highest BCUT2D eigenvalue weighted by Gasteiger charge is 2.06. The number of para-hydroxylation sites is 2. The predicted octanol–water partition coefficient (Wildman–Crippen LogP) is 3.79. The van der Waals surface area contributed by atoms with Crippen LogP contribution in [0.25, 0.3) is 17.1 Å². The number of benzene rings is 2. The number of imidazole rings is 1. The molecule has 0 fully saturated rings. The maximum absolute atomic E-state index is 12.0. The van der Waals surface area contributed by atoms with Crippen LogP contribution in [0.1, 0.15) is 22.5 Å². The van der Waals surface area contributed by atoms with Crippen molar-refractivity contribution in [2.45, 2.75) is 27.3 Å². The van der Waals surface area contributed by atoms with E-state index in [1.807, 2.05) is 37.3 Å². The molecular weight excluding hydrogens is 310 g/mol. The summed E-state index contributed by atoms with van der Waals surface area (Å²) in [6, 6.07) is 14.3. The molecule has 0 bridgehead atoms. The summed E-state index contributed by atoms with van der Waals surface area (Å²) in [5, 5.41) is 2.94. The Kier molecular flexibility index (Phi) is 4.98. The number of rotatable bonds is 5. The molecule has 1 N–H and O–H groups in total. The minimum atomic E-state index is -0.0814. The zero-order chi connectivity index (χ0) is 17.8. The molecule has 4 nitrogen and oxygen atoms in total. The summed E-state index contributed by atoms with van der Waals surface area (Å²) >= 11 is 0. The van der Waals surface area contributed by atoms with Crippen molar-refractivity contribution >= 4 is 23.0 Å². The molecule has 0 aliphatic rings. The zero-order valence-electron chi connectivity index (χ0n) is 14.9. The molecule has 0 atom stereocenters. The molecule has 0 aliphatic carbocycles. The SMILES string of the molecule is Cc1ccc(/C=C/C(=O)NCCn2c(C)nc3ccccc32)c(C)c1. The van der Waals surface area contributed by atoms with E-state index >= 15 is 0 Å². The van der Waals surface area contributed by atoms with Gasteiger partial charge in [0, 0.05) is 19.2 Å². The van der Waals surface area contributed by atoms with Gasteiger partial charge in [-0.1, -0.05) is 35.9 Å². The number of carbonyl (C=O) groups is 1. The lowest BCUT2D eigenvalue weighted by Gasteiger charge is -2.07. The first kappa shape index (κ1) is 17.0. The Morgan fingerprint density at radius 1 is 1.16 bits per heavy atom. The molecule has 3 rings (SSSR count). The van der Waals surface area contributed by atoms with Crippen molar-refractivity contribution in [1.29, 1.82) is 0 Å². The van der Waals surface area contributed by atoms with Gasteiger partial charge in [-0.3, -0.25) is 4.79 Å². The normalized spacial score (nSPS) is 11.3. The van der Waals surface area contributed by atoms with E-state index < -0.39 is 0 Å². The van der Waals surface area contributed by atoms with Gasteiger partial charge in [0.25, 0.3) is 0 Å². The fourth-order valence-corrected chi connectivity index (χ4v) is 3.01. The van der Waals surface area contributed by atoms with Crippen molar-refractivity contribution < 1.29 is 4.79 Å². The quantitative estimate of drug-likeness (QED) is 0.722. The third-order valence-corrected chi connectivity index (χ3v) is 4.32. The van der Waals surface area contributed by atoms with Crippen LogP contribution in [0.3, 0.4) is 0 Å². The topological polar surface area (TPSA) is 46.9 Å². The van der Waals surface area contributed by atoms with E-state index in [0.29, 0.717) is 13.1 Å². The Morgan fingerprint density at radius 2 is 1.96 bits per heavy atom. The summed E-state index contributed by atoms with van der Waals surface area (Å²) in [7, 11) is 0. The van der Waals surface area contributed by atoms with E-state index in [9.17, 15) is 4.79 Å². The molecular formula is C21H23N3O. The molecule has 0 spiro atoms. The molecule has 0 saturated carbocycles. The number of amides is 1. The fraction of sp³-hybridized carbons (Fsp3) is 0.238. The minimum absolute atomic E-state index is 0.0814. The first-order valence-corrected chi connectivity index (χ1v) is 8.49. The van der Waals surface area contributed by atoms with Crippen molar-refractivity contribution in [3.05, 3.63) is 71.1 Å². The van der Waals surface area contributed by atoms with Gasteiger partial charge in [0.15, 0.2) is 0 Å². The van der Waals surface area contributed by atoms with Crippen molar-refractivity contribution in [2.75, 3.05) is 6.54 Å². The van der Waals surface area contributed by atoms with Gasteiger partial charge in [-0.05, 0) is 50.1 Å². The van der Waals surface area contributed by atoms with Crippen molar-refractivity contribution in [3.8, 4) is 0 Å². The number of aromatic nitrogens is 2. The molecule has 0 aliphatic heterocycles. The first-order chi connectivity index (χ1) is 12.0. The fourth-order valence-electron chi connectivity index (χ4n) is 3.01. The number of fused-ring (bicyclic) bond motifs is 1. The Bertz CT molecular complexity index is 937. The second kappa shape index (κ2) is 7.34. The van der Waals surface area contributed by atoms with Gasteiger partial charge < -0.3 is 9.88 Å². The molecule has 2 aromatic carbocycles. The van der Waals surface area contributed by atoms with Gasteiger partial charge >= 0.3 is 0 Å². The first-order valence-electron chi connectivity index (χ1n) is 8.49. The molecule has 0 radical (unpaired) electrons. The monoisotopic (exact) mass is 333 g/mol. The lowest BCUT2D eigenvalue weighted by Crippen LogP contribution is -2.25. The second-order valence-electron chi connectivity index (χ2n) is 6.28. The van der Waals surface area contributed by atoms with Crippen molar-refractivity contribution in [1.82, 2.24) is 14.9 Å². The molecule has 1 amide bonds. The zero-order valence-corrected chi connectivity index (χ0v) is 14.9. The van der Waals surface area contributed by atoms with E-state index in [1.54, 1.807) is 6.08 Å². The van der Waals surface area contributed by atoms with E-state index in [2.05, 4.69) is 46.9 Å². The molecule has 0 unspecified atom stereocenters. The predicted molar refractivity (Wildman–Crippen MR) is 102 cm³/mol. The number of hydrogen-bond donors (Lipinski definition) is 1. The summed E-state index contributed by atoms with van der Waals surface area (Å²) in [5.41, 5.74) is 5.55. The summed E-state index contributed by atoms with van der Waals surface area (Å²) in [6.45, 7) is 7.38. The third kappa shape index (κ3) is 3.97. The molecule has 3 aromatic rings. The molecule has 0 saturated heterocycles. The van der Waals surface area contributed by atoms with E-state index in [1.165, 1.54) is 11.1 Å². The standard InChI is InChI=1S/C21H23N3O/c1-15-8-9-18(16(2)14-15)10-11-21(25)22-12-13-24-17(3)23-19-6-4-5-7-20(19)24/h4-11,14H,12-13H2,1-3H3,(H,22,25)/b11-10+. The Labute approximate surface area is 148 Å². The maximum Gasteiger partial charge on any atom is 0.244 e. The molecule has 128 valence electrons. The highest BCUT2D eigenvalue weighted by atomic mass is 16.1. The number of nitrogens with zero attached hydrogens (tertiary/aromatic N) is 2. The van der Waals surface area contributed by atoms with Crippen molar-refractivity contribution in [3.63, 3.8) is 0 Å².